The predicted octanol–water partition coefficient (Wildman–Crippen LogP) is 2.55. The van der Waals surface area contributed by atoms with E-state index in [0.29, 0.717) is 12.0 Å². The number of nitrogens with zero attached hydrogens (tertiary/aromatic N) is 2. The summed E-state index contributed by atoms with van der Waals surface area (Å²) in [5.41, 5.74) is 2.17. The summed E-state index contributed by atoms with van der Waals surface area (Å²) < 4.78 is 25.5. The summed E-state index contributed by atoms with van der Waals surface area (Å²) in [6.45, 7) is 10.1. The van der Waals surface area contributed by atoms with E-state index in [2.05, 4.69) is 35.7 Å². The van der Waals surface area contributed by atoms with Crippen LogP contribution in [0.2, 0.25) is 0 Å². The average molecular weight is 494 g/mol. The van der Waals surface area contributed by atoms with Crippen LogP contribution in [0.1, 0.15) is 38.3 Å². The van der Waals surface area contributed by atoms with E-state index >= 15 is 0 Å². The Morgan fingerprint density at radius 3 is 2.35 bits per heavy atom. The molecule has 1 heterocycles. The Bertz CT molecular complexity index is 702. The molecule has 1 fully saturated rings. The minimum Gasteiger partial charge on any atom is -0.357 e. The first kappa shape index (κ1) is 23.2. The monoisotopic (exact) mass is 494 g/mol. The Morgan fingerprint density at radius 2 is 1.85 bits per heavy atom. The van der Waals surface area contributed by atoms with E-state index in [1.807, 2.05) is 24.3 Å². The van der Waals surface area contributed by atoms with Crippen molar-refractivity contribution in [1.82, 2.24) is 14.9 Å². The molecule has 0 spiro atoms. The number of sulfonamides is 1. The quantitative estimate of drug-likeness (QED) is 0.362. The summed E-state index contributed by atoms with van der Waals surface area (Å²) in [4.78, 5) is 7.07. The van der Waals surface area contributed by atoms with E-state index in [9.17, 15) is 8.42 Å². The molecule has 2 N–H and O–H groups in total. The fraction of sp³-hybridized carbons (Fsp3) is 0.611. The number of rotatable bonds is 6. The van der Waals surface area contributed by atoms with E-state index < -0.39 is 10.0 Å². The van der Waals surface area contributed by atoms with Crippen LogP contribution in [0.3, 0.4) is 0 Å². The highest BCUT2D eigenvalue weighted by Gasteiger charge is 2.30. The molecule has 1 aliphatic rings. The molecule has 2 rings (SSSR count). The maximum Gasteiger partial charge on any atom is 0.215 e. The van der Waals surface area contributed by atoms with Crippen LogP contribution in [-0.2, 0) is 22.3 Å². The molecule has 0 saturated carbocycles. The molecule has 8 heteroatoms. The van der Waals surface area contributed by atoms with E-state index in [1.54, 1.807) is 0 Å². The zero-order valence-electron chi connectivity index (χ0n) is 16.1. The van der Waals surface area contributed by atoms with Crippen molar-refractivity contribution in [3.8, 4) is 0 Å². The summed E-state index contributed by atoms with van der Waals surface area (Å²) in [5.74, 6) is 0.952. The van der Waals surface area contributed by atoms with Crippen LogP contribution in [0.25, 0.3) is 0 Å². The highest BCUT2D eigenvalue weighted by molar-refractivity contribution is 14.0. The number of halogens is 1. The highest BCUT2D eigenvalue weighted by Crippen LogP contribution is 2.28. The molecule has 26 heavy (non-hydrogen) atoms. The van der Waals surface area contributed by atoms with E-state index in [-0.39, 0.29) is 29.7 Å². The van der Waals surface area contributed by atoms with Gasteiger partial charge in [0.1, 0.15) is 0 Å². The maximum absolute atomic E-state index is 11.6. The van der Waals surface area contributed by atoms with Crippen molar-refractivity contribution < 1.29 is 8.42 Å². The van der Waals surface area contributed by atoms with Gasteiger partial charge in [-0.15, -0.1) is 24.0 Å². The van der Waals surface area contributed by atoms with Gasteiger partial charge in [-0.25, -0.2) is 18.1 Å². The molecule has 148 valence electrons. The number of hydrogen-bond donors (Lipinski definition) is 2. The second-order valence-corrected chi connectivity index (χ2v) is 9.21. The third-order valence-electron chi connectivity index (χ3n) is 4.41. The molecule has 1 saturated heterocycles. The zero-order valence-corrected chi connectivity index (χ0v) is 19.2. The molecule has 0 aromatic heterocycles. The maximum atomic E-state index is 11.6. The largest absolute Gasteiger partial charge is 0.357 e. The SMILES string of the molecule is CCNC(=NCc1ccc(CS(=O)(=O)NC)cc1)N1CCC(C)(C)C1.I. The van der Waals surface area contributed by atoms with Gasteiger partial charge < -0.3 is 10.2 Å². The predicted molar refractivity (Wildman–Crippen MR) is 118 cm³/mol. The van der Waals surface area contributed by atoms with Gasteiger partial charge in [0.2, 0.25) is 10.0 Å². The molecule has 0 unspecified atom stereocenters. The molecule has 1 aromatic carbocycles. The molecule has 1 aromatic rings. The van der Waals surface area contributed by atoms with Crippen molar-refractivity contribution in [3.63, 3.8) is 0 Å². The summed E-state index contributed by atoms with van der Waals surface area (Å²) in [5, 5.41) is 3.37. The molecule has 0 radical (unpaired) electrons. The van der Waals surface area contributed by atoms with Crippen LogP contribution in [-0.4, -0.2) is 46.0 Å². The van der Waals surface area contributed by atoms with Crippen molar-refractivity contribution in [2.45, 2.75) is 39.5 Å². The third kappa shape index (κ3) is 7.03. The molecular weight excluding hydrogens is 463 g/mol. The molecule has 0 atom stereocenters. The molecule has 6 nitrogen and oxygen atoms in total. The lowest BCUT2D eigenvalue weighted by molar-refractivity contribution is 0.370. The normalized spacial score (nSPS) is 17.1. The smallest absolute Gasteiger partial charge is 0.215 e. The number of hydrogen-bond acceptors (Lipinski definition) is 3. The Kier molecular flexibility index (Phi) is 8.81. The first-order chi connectivity index (χ1) is 11.7. The topological polar surface area (TPSA) is 73.8 Å². The van der Waals surface area contributed by atoms with Crippen molar-refractivity contribution in [2.75, 3.05) is 26.7 Å². The molecule has 0 aliphatic carbocycles. The van der Waals surface area contributed by atoms with Gasteiger partial charge in [-0.1, -0.05) is 38.1 Å². The first-order valence-corrected chi connectivity index (χ1v) is 10.4. The third-order valence-corrected chi connectivity index (χ3v) is 5.75. The number of guanidine groups is 1. The fourth-order valence-corrected chi connectivity index (χ4v) is 3.69. The summed E-state index contributed by atoms with van der Waals surface area (Å²) in [6.07, 6.45) is 1.17. The van der Waals surface area contributed by atoms with Gasteiger partial charge in [0.25, 0.3) is 0 Å². The van der Waals surface area contributed by atoms with Gasteiger partial charge in [-0.2, -0.15) is 0 Å². The van der Waals surface area contributed by atoms with Gasteiger partial charge in [0, 0.05) is 19.6 Å². The number of benzene rings is 1. The summed E-state index contributed by atoms with van der Waals surface area (Å²) in [6, 6.07) is 7.60. The van der Waals surface area contributed by atoms with Crippen LogP contribution in [0.5, 0.6) is 0 Å². The number of aliphatic imine (C=N–C) groups is 1. The average Bonchev–Trinajstić information content (AvgIpc) is 2.92. The minimum atomic E-state index is -3.23. The highest BCUT2D eigenvalue weighted by atomic mass is 127. The second-order valence-electron chi connectivity index (χ2n) is 7.29. The molecule has 1 aliphatic heterocycles. The molecule has 0 amide bonds. The van der Waals surface area contributed by atoms with E-state index in [4.69, 9.17) is 4.99 Å². The summed E-state index contributed by atoms with van der Waals surface area (Å²) >= 11 is 0. The van der Waals surface area contributed by atoms with Crippen LogP contribution in [0, 0.1) is 5.41 Å². The zero-order chi connectivity index (χ0) is 18.5. The lowest BCUT2D eigenvalue weighted by Crippen LogP contribution is -2.40. The van der Waals surface area contributed by atoms with Crippen LogP contribution in [0.4, 0.5) is 0 Å². The van der Waals surface area contributed by atoms with Crippen LogP contribution >= 0.6 is 24.0 Å². The number of nitrogens with one attached hydrogen (secondary N) is 2. The molecule has 0 bridgehead atoms. The van der Waals surface area contributed by atoms with Crippen LogP contribution in [0.15, 0.2) is 29.3 Å². The van der Waals surface area contributed by atoms with E-state index in [0.717, 1.165) is 36.7 Å². The van der Waals surface area contributed by atoms with Crippen molar-refractivity contribution in [1.29, 1.82) is 0 Å². The lowest BCUT2D eigenvalue weighted by atomic mass is 9.93. The fourth-order valence-electron chi connectivity index (χ4n) is 2.92. The number of likely N-dealkylation sites (tertiary alicyclic amines) is 1. The van der Waals surface area contributed by atoms with Crippen molar-refractivity contribution in [2.24, 2.45) is 10.4 Å². The minimum absolute atomic E-state index is 0. The van der Waals surface area contributed by atoms with Gasteiger partial charge in [-0.3, -0.25) is 0 Å². The van der Waals surface area contributed by atoms with Crippen LogP contribution < -0.4 is 10.0 Å². The van der Waals surface area contributed by atoms with Gasteiger partial charge in [0.05, 0.1) is 12.3 Å². The van der Waals surface area contributed by atoms with Crippen molar-refractivity contribution in [3.05, 3.63) is 35.4 Å². The lowest BCUT2D eigenvalue weighted by Gasteiger charge is -2.23. The molecular formula is C18H31IN4O2S. The standard InChI is InChI=1S/C18H30N4O2S.HI/c1-5-20-17(22-11-10-18(2,3)14-22)21-12-15-6-8-16(9-7-15)13-25(23,24)19-4;/h6-9,19H,5,10-14H2,1-4H3,(H,20,21);1H. The van der Waals surface area contributed by atoms with E-state index in [1.165, 1.54) is 13.5 Å². The van der Waals surface area contributed by atoms with Gasteiger partial charge >= 0.3 is 0 Å². The Balaban J connectivity index is 0.00000338. The Morgan fingerprint density at radius 1 is 1.23 bits per heavy atom. The Hall–Kier alpha value is -0.870. The summed E-state index contributed by atoms with van der Waals surface area (Å²) in [7, 11) is -1.80. The van der Waals surface area contributed by atoms with Gasteiger partial charge in [0.15, 0.2) is 5.96 Å². The first-order valence-electron chi connectivity index (χ1n) is 8.77. The van der Waals surface area contributed by atoms with Crippen molar-refractivity contribution >= 4 is 40.0 Å². The van der Waals surface area contributed by atoms with Gasteiger partial charge in [-0.05, 0) is 36.9 Å². The second kappa shape index (κ2) is 9.89. The Labute approximate surface area is 174 Å².